The zero-order valence-corrected chi connectivity index (χ0v) is 14.4. The minimum absolute atomic E-state index is 0.0720. The van der Waals surface area contributed by atoms with Gasteiger partial charge in [0.15, 0.2) is 0 Å². The fraction of sp³-hybridized carbons (Fsp3) is 0.474. The first-order valence-electron chi connectivity index (χ1n) is 8.92. The number of aliphatic carboxylic acids is 1. The molecular formula is C19H25N3O3. The van der Waals surface area contributed by atoms with Crippen LogP contribution in [0.1, 0.15) is 24.8 Å². The van der Waals surface area contributed by atoms with Crippen molar-refractivity contribution < 1.29 is 14.7 Å². The van der Waals surface area contributed by atoms with E-state index in [9.17, 15) is 9.59 Å². The number of piperidine rings is 1. The van der Waals surface area contributed by atoms with Gasteiger partial charge in [-0.05, 0) is 62.0 Å². The van der Waals surface area contributed by atoms with Crippen LogP contribution in [0.3, 0.4) is 0 Å². The smallest absolute Gasteiger partial charge is 0.328 e. The van der Waals surface area contributed by atoms with Gasteiger partial charge in [0.25, 0.3) is 0 Å². The third-order valence-corrected chi connectivity index (χ3v) is 4.98. The number of urea groups is 1. The third kappa shape index (κ3) is 4.60. The van der Waals surface area contributed by atoms with Gasteiger partial charge in [-0.25, -0.2) is 9.59 Å². The number of carbonyl (C=O) groups excluding carboxylic acids is 1. The molecule has 0 unspecified atom stereocenters. The lowest BCUT2D eigenvalue weighted by atomic mass is 9.94. The molecule has 0 radical (unpaired) electrons. The van der Waals surface area contributed by atoms with E-state index in [4.69, 9.17) is 5.11 Å². The summed E-state index contributed by atoms with van der Waals surface area (Å²) in [5.41, 5.74) is 1.67. The van der Waals surface area contributed by atoms with Gasteiger partial charge >= 0.3 is 12.0 Å². The van der Waals surface area contributed by atoms with Crippen molar-refractivity contribution in [2.24, 2.45) is 5.92 Å². The highest BCUT2D eigenvalue weighted by atomic mass is 16.4. The molecule has 1 aromatic rings. The summed E-state index contributed by atoms with van der Waals surface area (Å²) in [6.45, 7) is 4.49. The molecule has 2 aliphatic heterocycles. The molecule has 6 heteroatoms. The molecule has 2 amide bonds. The summed E-state index contributed by atoms with van der Waals surface area (Å²) in [6.07, 6.45) is 6.15. The van der Waals surface area contributed by atoms with E-state index in [0.29, 0.717) is 6.54 Å². The number of carboxylic acids is 1. The van der Waals surface area contributed by atoms with Crippen molar-refractivity contribution in [2.75, 3.05) is 37.6 Å². The molecule has 2 fully saturated rings. The van der Waals surface area contributed by atoms with E-state index in [2.05, 4.69) is 5.32 Å². The molecule has 25 heavy (non-hydrogen) atoms. The zero-order valence-electron chi connectivity index (χ0n) is 14.4. The van der Waals surface area contributed by atoms with Crippen LogP contribution in [0, 0.1) is 5.92 Å². The Morgan fingerprint density at radius 1 is 1.20 bits per heavy atom. The molecule has 0 spiro atoms. The van der Waals surface area contributed by atoms with Gasteiger partial charge in [-0.3, -0.25) is 4.90 Å². The minimum Gasteiger partial charge on any atom is -0.478 e. The fourth-order valence-corrected chi connectivity index (χ4v) is 3.47. The Morgan fingerprint density at radius 3 is 2.60 bits per heavy atom. The first-order chi connectivity index (χ1) is 12.1. The van der Waals surface area contributed by atoms with E-state index < -0.39 is 5.97 Å². The van der Waals surface area contributed by atoms with Gasteiger partial charge in [0.2, 0.25) is 0 Å². The Balaban J connectivity index is 1.55. The summed E-state index contributed by atoms with van der Waals surface area (Å²) in [4.78, 5) is 26.9. The van der Waals surface area contributed by atoms with Crippen molar-refractivity contribution in [3.8, 4) is 0 Å². The number of benzene rings is 1. The van der Waals surface area contributed by atoms with Crippen LogP contribution in [0.2, 0.25) is 0 Å². The molecule has 2 aliphatic rings. The Kier molecular flexibility index (Phi) is 5.71. The number of hydrogen-bond donors (Lipinski definition) is 2. The van der Waals surface area contributed by atoms with Crippen LogP contribution in [-0.4, -0.2) is 54.7 Å². The molecule has 134 valence electrons. The Hall–Kier alpha value is -2.34. The Labute approximate surface area is 148 Å². The van der Waals surface area contributed by atoms with Crippen molar-refractivity contribution >= 4 is 23.8 Å². The van der Waals surface area contributed by atoms with Gasteiger partial charge in [0.1, 0.15) is 0 Å². The molecule has 0 atom stereocenters. The van der Waals surface area contributed by atoms with Gasteiger partial charge in [-0.2, -0.15) is 0 Å². The van der Waals surface area contributed by atoms with E-state index >= 15 is 0 Å². The van der Waals surface area contributed by atoms with Crippen molar-refractivity contribution in [1.82, 2.24) is 10.2 Å². The minimum atomic E-state index is -0.969. The van der Waals surface area contributed by atoms with Gasteiger partial charge in [-0.1, -0.05) is 12.1 Å². The molecule has 0 saturated carbocycles. The summed E-state index contributed by atoms with van der Waals surface area (Å²) in [5, 5.41) is 12.0. The molecule has 6 nitrogen and oxygen atoms in total. The average Bonchev–Trinajstić information content (AvgIpc) is 3.00. The number of rotatable bonds is 6. The van der Waals surface area contributed by atoms with Crippen molar-refractivity contribution in [1.29, 1.82) is 0 Å². The Bertz CT molecular complexity index is 636. The lowest BCUT2D eigenvalue weighted by Gasteiger charge is -2.25. The summed E-state index contributed by atoms with van der Waals surface area (Å²) in [7, 11) is 0. The Morgan fingerprint density at radius 2 is 1.92 bits per heavy atom. The maximum absolute atomic E-state index is 12.6. The molecular weight excluding hydrogens is 318 g/mol. The van der Waals surface area contributed by atoms with Crippen molar-refractivity contribution in [2.45, 2.75) is 19.3 Å². The third-order valence-electron chi connectivity index (χ3n) is 4.98. The lowest BCUT2D eigenvalue weighted by molar-refractivity contribution is -0.131. The predicted molar refractivity (Wildman–Crippen MR) is 97.6 cm³/mol. The van der Waals surface area contributed by atoms with Crippen LogP contribution in [0.5, 0.6) is 0 Å². The number of amides is 2. The molecule has 2 heterocycles. The average molecular weight is 343 g/mol. The fourth-order valence-electron chi connectivity index (χ4n) is 3.47. The van der Waals surface area contributed by atoms with Gasteiger partial charge in [-0.15, -0.1) is 0 Å². The predicted octanol–water partition coefficient (Wildman–Crippen LogP) is 2.42. The van der Waals surface area contributed by atoms with E-state index in [0.717, 1.165) is 55.8 Å². The first kappa shape index (κ1) is 17.5. The summed E-state index contributed by atoms with van der Waals surface area (Å²) >= 11 is 0. The molecule has 0 aliphatic carbocycles. The number of nitrogens with one attached hydrogen (secondary N) is 1. The van der Waals surface area contributed by atoms with Crippen molar-refractivity contribution in [3.63, 3.8) is 0 Å². The lowest BCUT2D eigenvalue weighted by Crippen LogP contribution is -2.34. The maximum atomic E-state index is 12.6. The number of hydrogen-bond acceptors (Lipinski definition) is 3. The summed E-state index contributed by atoms with van der Waals surface area (Å²) in [6, 6.07) is 7.48. The van der Waals surface area contributed by atoms with Crippen molar-refractivity contribution in [3.05, 3.63) is 35.9 Å². The number of anilines is 1. The highest BCUT2D eigenvalue weighted by Gasteiger charge is 2.29. The number of carboxylic acid groups (broad SMARTS) is 1. The zero-order chi connectivity index (χ0) is 17.6. The monoisotopic (exact) mass is 343 g/mol. The second-order valence-electron chi connectivity index (χ2n) is 6.67. The highest BCUT2D eigenvalue weighted by molar-refractivity contribution is 5.94. The van der Waals surface area contributed by atoms with E-state index in [1.54, 1.807) is 11.0 Å². The normalized spacial score (nSPS) is 19.1. The second kappa shape index (κ2) is 8.16. The summed E-state index contributed by atoms with van der Waals surface area (Å²) in [5.74, 6) is -0.244. The van der Waals surface area contributed by atoms with Gasteiger partial charge in [0, 0.05) is 31.4 Å². The standard InChI is InChI=1S/C19H25N3O3/c23-18(24)6-3-15-1-4-17(5-2-15)22-14-13-21(19(22)25)12-9-16-7-10-20-11-8-16/h1-6,16,20H,7-14H2,(H,23,24)/b6-3+. The molecule has 3 rings (SSSR count). The second-order valence-corrected chi connectivity index (χ2v) is 6.67. The van der Waals surface area contributed by atoms with Crippen LogP contribution in [0.25, 0.3) is 6.08 Å². The van der Waals surface area contributed by atoms with Gasteiger partial charge in [0.05, 0.1) is 0 Å². The molecule has 2 saturated heterocycles. The number of carbonyl (C=O) groups is 2. The molecule has 1 aromatic carbocycles. The SMILES string of the molecule is O=C(O)/C=C/c1ccc(N2CCN(CCC3CCNCC3)C2=O)cc1. The summed E-state index contributed by atoms with van der Waals surface area (Å²) < 4.78 is 0. The quantitative estimate of drug-likeness (QED) is 0.778. The first-order valence-corrected chi connectivity index (χ1v) is 8.92. The van der Waals surface area contributed by atoms with Crippen LogP contribution < -0.4 is 10.2 Å². The van der Waals surface area contributed by atoms with E-state index in [1.165, 1.54) is 12.8 Å². The van der Waals surface area contributed by atoms with E-state index in [1.807, 2.05) is 29.2 Å². The number of nitrogens with zero attached hydrogens (tertiary/aromatic N) is 2. The van der Waals surface area contributed by atoms with Crippen LogP contribution in [0.15, 0.2) is 30.3 Å². The molecule has 0 bridgehead atoms. The van der Waals surface area contributed by atoms with Gasteiger partial charge < -0.3 is 15.3 Å². The van der Waals surface area contributed by atoms with Crippen LogP contribution in [0.4, 0.5) is 10.5 Å². The largest absolute Gasteiger partial charge is 0.478 e. The topological polar surface area (TPSA) is 72.9 Å². The maximum Gasteiger partial charge on any atom is 0.328 e. The highest BCUT2D eigenvalue weighted by Crippen LogP contribution is 2.23. The molecule has 0 aromatic heterocycles. The molecule has 2 N–H and O–H groups in total. The van der Waals surface area contributed by atoms with E-state index in [-0.39, 0.29) is 6.03 Å². The van der Waals surface area contributed by atoms with Crippen LogP contribution in [-0.2, 0) is 4.79 Å². The van der Waals surface area contributed by atoms with Crippen LogP contribution >= 0.6 is 0 Å².